The monoisotopic (exact) mass is 408 g/mol. The number of likely N-dealkylation sites (tertiary alicyclic amines) is 1. The molecule has 1 unspecified atom stereocenters. The highest BCUT2D eigenvalue weighted by Crippen LogP contribution is 2.30. The maximum absolute atomic E-state index is 13.1. The van der Waals surface area contributed by atoms with E-state index >= 15 is 0 Å². The molecule has 1 aromatic carbocycles. The van der Waals surface area contributed by atoms with Gasteiger partial charge in [0.1, 0.15) is 5.60 Å². The van der Waals surface area contributed by atoms with Gasteiger partial charge < -0.3 is 19.9 Å². The van der Waals surface area contributed by atoms with Crippen molar-refractivity contribution in [2.24, 2.45) is 0 Å². The number of ether oxygens (including phenoxy) is 1. The molecule has 2 aliphatic rings. The number of anilines is 1. The molecule has 30 heavy (non-hydrogen) atoms. The highest BCUT2D eigenvalue weighted by molar-refractivity contribution is 6.05. The molecule has 2 aromatic rings. The number of nitrogens with one attached hydrogen (secondary N) is 1. The summed E-state index contributed by atoms with van der Waals surface area (Å²) in [5.74, 6) is -0.273. The Hall–Kier alpha value is -2.77. The second-order valence-corrected chi connectivity index (χ2v) is 8.42. The lowest BCUT2D eigenvalue weighted by Gasteiger charge is -2.38. The molecule has 3 heterocycles. The summed E-state index contributed by atoms with van der Waals surface area (Å²) < 4.78 is 6.07. The molecule has 0 saturated carbocycles. The van der Waals surface area contributed by atoms with Gasteiger partial charge >= 0.3 is 0 Å². The summed E-state index contributed by atoms with van der Waals surface area (Å²) in [6.45, 7) is 7.53. The average Bonchev–Trinajstić information content (AvgIpc) is 3.12. The number of amides is 2. The number of rotatable bonds is 3. The third-order valence-electron chi connectivity index (χ3n) is 5.95. The van der Waals surface area contributed by atoms with Crippen LogP contribution in [0.1, 0.15) is 38.4 Å². The van der Waals surface area contributed by atoms with E-state index in [0.29, 0.717) is 36.5 Å². The Bertz CT molecular complexity index is 959. The number of morpholine rings is 1. The summed E-state index contributed by atoms with van der Waals surface area (Å²) in [4.78, 5) is 34.0. The Labute approximate surface area is 177 Å². The van der Waals surface area contributed by atoms with E-state index < -0.39 is 0 Å². The van der Waals surface area contributed by atoms with Crippen molar-refractivity contribution in [2.75, 3.05) is 45.2 Å². The summed E-state index contributed by atoms with van der Waals surface area (Å²) in [7, 11) is 2.09. The smallest absolute Gasteiger partial charge is 0.257 e. The van der Waals surface area contributed by atoms with Crippen molar-refractivity contribution in [3.05, 3.63) is 58.9 Å². The van der Waals surface area contributed by atoms with Gasteiger partial charge in [0, 0.05) is 42.8 Å². The zero-order chi connectivity index (χ0) is 21.3. The van der Waals surface area contributed by atoms with Gasteiger partial charge in [-0.05, 0) is 57.1 Å². The third kappa shape index (κ3) is 4.22. The van der Waals surface area contributed by atoms with Crippen LogP contribution in [0.3, 0.4) is 0 Å². The fraction of sp³-hybridized carbons (Fsp3) is 0.435. The molecular weight excluding hydrogens is 380 g/mol. The van der Waals surface area contributed by atoms with E-state index in [0.717, 1.165) is 30.8 Å². The van der Waals surface area contributed by atoms with Crippen LogP contribution in [-0.4, -0.2) is 72.0 Å². The molecule has 2 aliphatic heterocycles. The number of hydrogen-bond acceptors (Lipinski definition) is 5. The molecule has 158 valence electrons. The number of hydrogen-bond donors (Lipinski definition) is 1. The molecule has 0 radical (unpaired) electrons. The second kappa shape index (κ2) is 8.16. The number of carbonyl (C=O) groups excluding carboxylic acids is 2. The Balaban J connectivity index is 1.48. The summed E-state index contributed by atoms with van der Waals surface area (Å²) in [6.07, 6.45) is 2.40. The number of pyridine rings is 1. The van der Waals surface area contributed by atoms with Crippen LogP contribution in [0.2, 0.25) is 0 Å². The van der Waals surface area contributed by atoms with E-state index in [1.54, 1.807) is 24.4 Å². The molecule has 0 bridgehead atoms. The van der Waals surface area contributed by atoms with Crippen LogP contribution in [-0.2, 0) is 4.74 Å². The van der Waals surface area contributed by atoms with Crippen molar-refractivity contribution < 1.29 is 14.3 Å². The summed E-state index contributed by atoms with van der Waals surface area (Å²) in [5.41, 5.74) is 3.18. The molecule has 2 fully saturated rings. The highest BCUT2D eigenvalue weighted by atomic mass is 16.5. The van der Waals surface area contributed by atoms with Crippen LogP contribution >= 0.6 is 0 Å². The van der Waals surface area contributed by atoms with E-state index in [9.17, 15) is 9.59 Å². The maximum atomic E-state index is 13.1. The van der Waals surface area contributed by atoms with Crippen molar-refractivity contribution >= 4 is 17.5 Å². The first kappa shape index (κ1) is 20.5. The second-order valence-electron chi connectivity index (χ2n) is 8.42. The first-order valence-corrected chi connectivity index (χ1v) is 10.3. The minimum absolute atomic E-state index is 0.0313. The van der Waals surface area contributed by atoms with Crippen LogP contribution in [0.4, 0.5) is 5.69 Å². The van der Waals surface area contributed by atoms with Crippen molar-refractivity contribution in [2.45, 2.75) is 25.9 Å². The SMILES string of the molecule is Cc1ccc(C(=O)Nc2cc(C(=O)N3CCC4(CN(C)CCO4)C3)ccc2C)cn1. The predicted octanol–water partition coefficient (Wildman–Crippen LogP) is 2.50. The molecule has 0 aliphatic carbocycles. The van der Waals surface area contributed by atoms with Gasteiger partial charge in [-0.15, -0.1) is 0 Å². The molecule has 1 N–H and O–H groups in total. The number of carbonyl (C=O) groups is 2. The first-order valence-electron chi connectivity index (χ1n) is 10.3. The van der Waals surface area contributed by atoms with Gasteiger partial charge in [-0.2, -0.15) is 0 Å². The third-order valence-corrected chi connectivity index (χ3v) is 5.95. The molecule has 2 amide bonds. The quantitative estimate of drug-likeness (QED) is 0.845. The number of nitrogens with zero attached hydrogens (tertiary/aromatic N) is 3. The lowest BCUT2D eigenvalue weighted by molar-refractivity contribution is -0.0935. The number of aryl methyl sites for hydroxylation is 2. The van der Waals surface area contributed by atoms with Crippen LogP contribution in [0.5, 0.6) is 0 Å². The van der Waals surface area contributed by atoms with E-state index in [2.05, 4.69) is 22.2 Å². The molecule has 4 rings (SSSR count). The first-order chi connectivity index (χ1) is 14.3. The van der Waals surface area contributed by atoms with Gasteiger partial charge in [-0.25, -0.2) is 0 Å². The van der Waals surface area contributed by atoms with Crippen LogP contribution < -0.4 is 5.32 Å². The van der Waals surface area contributed by atoms with Crippen LogP contribution in [0, 0.1) is 13.8 Å². The number of likely N-dealkylation sites (N-methyl/N-ethyl adjacent to an activating group) is 1. The fourth-order valence-corrected chi connectivity index (χ4v) is 4.17. The zero-order valence-electron chi connectivity index (χ0n) is 17.8. The Morgan fingerprint density at radius 3 is 2.63 bits per heavy atom. The Morgan fingerprint density at radius 1 is 1.10 bits per heavy atom. The van der Waals surface area contributed by atoms with Crippen LogP contribution in [0.25, 0.3) is 0 Å². The van der Waals surface area contributed by atoms with Crippen molar-refractivity contribution in [3.63, 3.8) is 0 Å². The predicted molar refractivity (Wildman–Crippen MR) is 115 cm³/mol. The van der Waals surface area contributed by atoms with E-state index in [1.165, 1.54) is 0 Å². The van der Waals surface area contributed by atoms with Gasteiger partial charge in [0.25, 0.3) is 11.8 Å². The molecular formula is C23H28N4O3. The van der Waals surface area contributed by atoms with Crippen molar-refractivity contribution in [1.29, 1.82) is 0 Å². The van der Waals surface area contributed by atoms with E-state index in [1.807, 2.05) is 30.9 Å². The Kier molecular flexibility index (Phi) is 5.58. The van der Waals surface area contributed by atoms with Crippen molar-refractivity contribution in [3.8, 4) is 0 Å². The molecule has 2 saturated heterocycles. The minimum atomic E-state index is -0.261. The summed E-state index contributed by atoms with van der Waals surface area (Å²) in [6, 6.07) is 8.99. The normalized spacial score (nSPS) is 21.8. The van der Waals surface area contributed by atoms with Gasteiger partial charge in [0.2, 0.25) is 0 Å². The zero-order valence-corrected chi connectivity index (χ0v) is 17.8. The standard InChI is InChI=1S/C23H28N4O3/c1-16-4-6-18(12-20(16)25-21(28)19-7-5-17(2)24-13-19)22(29)27-9-8-23(15-27)14-26(3)10-11-30-23/h4-7,12-13H,8-11,14-15H2,1-3H3,(H,25,28). The lowest BCUT2D eigenvalue weighted by Crippen LogP contribution is -2.52. The Morgan fingerprint density at radius 2 is 1.90 bits per heavy atom. The molecule has 1 atom stereocenters. The molecule has 1 aromatic heterocycles. The lowest BCUT2D eigenvalue weighted by atomic mass is 10.0. The number of benzene rings is 1. The molecule has 7 heteroatoms. The molecule has 1 spiro atoms. The largest absolute Gasteiger partial charge is 0.370 e. The van der Waals surface area contributed by atoms with Crippen molar-refractivity contribution in [1.82, 2.24) is 14.8 Å². The minimum Gasteiger partial charge on any atom is -0.370 e. The highest BCUT2D eigenvalue weighted by Gasteiger charge is 2.43. The maximum Gasteiger partial charge on any atom is 0.257 e. The van der Waals surface area contributed by atoms with Gasteiger partial charge in [0.15, 0.2) is 0 Å². The number of aromatic nitrogens is 1. The van der Waals surface area contributed by atoms with Crippen LogP contribution in [0.15, 0.2) is 36.5 Å². The summed E-state index contributed by atoms with van der Waals surface area (Å²) >= 11 is 0. The van der Waals surface area contributed by atoms with Gasteiger partial charge in [-0.3, -0.25) is 14.6 Å². The fourth-order valence-electron chi connectivity index (χ4n) is 4.17. The van der Waals surface area contributed by atoms with Gasteiger partial charge in [0.05, 0.1) is 18.7 Å². The summed E-state index contributed by atoms with van der Waals surface area (Å²) in [5, 5.41) is 2.91. The average molecular weight is 409 g/mol. The molecule has 7 nitrogen and oxygen atoms in total. The van der Waals surface area contributed by atoms with Gasteiger partial charge in [-0.1, -0.05) is 6.07 Å². The topological polar surface area (TPSA) is 74.8 Å². The van der Waals surface area contributed by atoms with E-state index in [4.69, 9.17) is 4.74 Å². The van der Waals surface area contributed by atoms with E-state index in [-0.39, 0.29) is 17.4 Å².